The van der Waals surface area contributed by atoms with Crippen LogP contribution >= 0.6 is 0 Å². The third kappa shape index (κ3) is 5.36. The van der Waals surface area contributed by atoms with Gasteiger partial charge in [0.1, 0.15) is 6.04 Å². The number of carbonyl (C=O) groups is 2. The average molecular weight is 286 g/mol. The summed E-state index contributed by atoms with van der Waals surface area (Å²) in [5.41, 5.74) is 0. The summed E-state index contributed by atoms with van der Waals surface area (Å²) < 4.78 is 4.90. The molecule has 116 valence electrons. The van der Waals surface area contributed by atoms with E-state index in [1.807, 2.05) is 0 Å². The predicted octanol–water partition coefficient (Wildman–Crippen LogP) is 1.70. The highest BCUT2D eigenvalue weighted by molar-refractivity contribution is 5.82. The van der Waals surface area contributed by atoms with Crippen LogP contribution in [0.1, 0.15) is 39.0 Å². The standard InChI is InChI=1S/C14H26N2O4/c1-3-5-11-7-8-16(10-11)14(19)15-12(13(17)18)6-4-9-20-2/h11-12H,3-10H2,1-2H3,(H,15,19)(H,17,18). The molecule has 6 heteroatoms. The van der Waals surface area contributed by atoms with Gasteiger partial charge in [-0.25, -0.2) is 9.59 Å². The van der Waals surface area contributed by atoms with Gasteiger partial charge in [0.2, 0.25) is 0 Å². The highest BCUT2D eigenvalue weighted by Gasteiger charge is 2.28. The molecule has 0 spiro atoms. The van der Waals surface area contributed by atoms with Crippen LogP contribution < -0.4 is 5.32 Å². The van der Waals surface area contributed by atoms with Crippen molar-refractivity contribution in [2.75, 3.05) is 26.8 Å². The number of hydrogen-bond donors (Lipinski definition) is 2. The highest BCUT2D eigenvalue weighted by Crippen LogP contribution is 2.20. The van der Waals surface area contributed by atoms with Gasteiger partial charge in [0.15, 0.2) is 0 Å². The van der Waals surface area contributed by atoms with Gasteiger partial charge in [0.05, 0.1) is 0 Å². The lowest BCUT2D eigenvalue weighted by Gasteiger charge is -2.21. The minimum Gasteiger partial charge on any atom is -0.480 e. The lowest BCUT2D eigenvalue weighted by molar-refractivity contribution is -0.139. The van der Waals surface area contributed by atoms with Crippen molar-refractivity contribution in [2.24, 2.45) is 5.92 Å². The van der Waals surface area contributed by atoms with Crippen LogP contribution in [0.2, 0.25) is 0 Å². The van der Waals surface area contributed by atoms with E-state index < -0.39 is 12.0 Å². The van der Waals surface area contributed by atoms with Gasteiger partial charge in [0, 0.05) is 26.8 Å². The second-order valence-corrected chi connectivity index (χ2v) is 5.36. The number of nitrogens with one attached hydrogen (secondary N) is 1. The molecule has 0 saturated carbocycles. The van der Waals surface area contributed by atoms with E-state index >= 15 is 0 Å². The largest absolute Gasteiger partial charge is 0.480 e. The molecule has 2 N–H and O–H groups in total. The number of carboxylic acid groups (broad SMARTS) is 1. The molecule has 0 aliphatic carbocycles. The number of rotatable bonds is 8. The van der Waals surface area contributed by atoms with Crippen LogP contribution in [0.3, 0.4) is 0 Å². The van der Waals surface area contributed by atoms with E-state index in [1.165, 1.54) is 0 Å². The maximum absolute atomic E-state index is 12.1. The Balaban J connectivity index is 2.40. The second-order valence-electron chi connectivity index (χ2n) is 5.36. The van der Waals surface area contributed by atoms with Crippen LogP contribution in [0, 0.1) is 5.92 Å². The Labute approximate surface area is 120 Å². The van der Waals surface area contributed by atoms with Crippen molar-refractivity contribution < 1.29 is 19.4 Å². The van der Waals surface area contributed by atoms with Crippen LogP contribution in [-0.2, 0) is 9.53 Å². The third-order valence-electron chi connectivity index (χ3n) is 3.71. The van der Waals surface area contributed by atoms with E-state index in [9.17, 15) is 9.59 Å². The second kappa shape index (κ2) is 8.79. The summed E-state index contributed by atoms with van der Waals surface area (Å²) in [6.45, 7) is 4.10. The zero-order valence-electron chi connectivity index (χ0n) is 12.4. The SMILES string of the molecule is CCCC1CCN(C(=O)NC(CCCOC)C(=O)O)C1. The first-order valence-electron chi connectivity index (χ1n) is 7.35. The molecule has 1 fully saturated rings. The van der Waals surface area contributed by atoms with Crippen molar-refractivity contribution in [2.45, 2.75) is 45.1 Å². The molecular formula is C14H26N2O4. The quantitative estimate of drug-likeness (QED) is 0.666. The number of methoxy groups -OCH3 is 1. The summed E-state index contributed by atoms with van der Waals surface area (Å²) in [5, 5.41) is 11.7. The topological polar surface area (TPSA) is 78.9 Å². The molecule has 2 unspecified atom stereocenters. The van der Waals surface area contributed by atoms with E-state index in [-0.39, 0.29) is 6.03 Å². The Morgan fingerprint density at radius 1 is 1.50 bits per heavy atom. The molecule has 0 radical (unpaired) electrons. The van der Waals surface area contributed by atoms with Crippen molar-refractivity contribution >= 4 is 12.0 Å². The average Bonchev–Trinajstić information content (AvgIpc) is 2.86. The Morgan fingerprint density at radius 2 is 2.25 bits per heavy atom. The lowest BCUT2D eigenvalue weighted by Crippen LogP contribution is -2.47. The molecular weight excluding hydrogens is 260 g/mol. The summed E-state index contributed by atoms with van der Waals surface area (Å²) in [6.07, 6.45) is 4.27. The van der Waals surface area contributed by atoms with Crippen molar-refractivity contribution in [1.29, 1.82) is 0 Å². The number of hydrogen-bond acceptors (Lipinski definition) is 3. The summed E-state index contributed by atoms with van der Waals surface area (Å²) in [7, 11) is 1.58. The molecule has 0 aromatic carbocycles. The van der Waals surface area contributed by atoms with E-state index in [4.69, 9.17) is 9.84 Å². The monoisotopic (exact) mass is 286 g/mol. The molecule has 0 aromatic heterocycles. The minimum atomic E-state index is -0.987. The summed E-state index contributed by atoms with van der Waals surface area (Å²) in [6, 6.07) is -1.09. The number of likely N-dealkylation sites (tertiary alicyclic amines) is 1. The van der Waals surface area contributed by atoms with Crippen molar-refractivity contribution in [3.63, 3.8) is 0 Å². The van der Waals surface area contributed by atoms with E-state index in [0.29, 0.717) is 25.4 Å². The minimum absolute atomic E-state index is 0.256. The highest BCUT2D eigenvalue weighted by atomic mass is 16.5. The molecule has 1 aliphatic rings. The number of urea groups is 1. The zero-order valence-corrected chi connectivity index (χ0v) is 12.4. The number of carbonyl (C=O) groups excluding carboxylic acids is 1. The van der Waals surface area contributed by atoms with Crippen molar-refractivity contribution in [1.82, 2.24) is 10.2 Å². The van der Waals surface area contributed by atoms with E-state index in [2.05, 4.69) is 12.2 Å². The van der Waals surface area contributed by atoms with Crippen LogP contribution in [0.15, 0.2) is 0 Å². The number of amides is 2. The normalized spacial score (nSPS) is 19.9. The lowest BCUT2D eigenvalue weighted by atomic mass is 10.0. The van der Waals surface area contributed by atoms with E-state index in [0.717, 1.165) is 32.4 Å². The van der Waals surface area contributed by atoms with Crippen LogP contribution in [0.25, 0.3) is 0 Å². The Morgan fingerprint density at radius 3 is 2.85 bits per heavy atom. The van der Waals surface area contributed by atoms with Crippen molar-refractivity contribution in [3.05, 3.63) is 0 Å². The Hall–Kier alpha value is -1.30. The Bertz CT molecular complexity index is 322. The fourth-order valence-corrected chi connectivity index (χ4v) is 2.59. The van der Waals surface area contributed by atoms with Crippen molar-refractivity contribution in [3.8, 4) is 0 Å². The molecule has 2 atom stereocenters. The molecule has 1 saturated heterocycles. The van der Waals surface area contributed by atoms with Gasteiger partial charge in [0.25, 0.3) is 0 Å². The maximum atomic E-state index is 12.1. The fraction of sp³-hybridized carbons (Fsp3) is 0.857. The summed E-state index contributed by atoms with van der Waals surface area (Å²) in [5.74, 6) is -0.429. The van der Waals surface area contributed by atoms with Crippen LogP contribution in [-0.4, -0.2) is 54.9 Å². The Kier molecular flexibility index (Phi) is 7.36. The molecule has 2 amide bonds. The van der Waals surface area contributed by atoms with Gasteiger partial charge in [-0.05, 0) is 31.6 Å². The number of carboxylic acids is 1. The van der Waals surface area contributed by atoms with Gasteiger partial charge in [-0.2, -0.15) is 0 Å². The van der Waals surface area contributed by atoms with Crippen LogP contribution in [0.5, 0.6) is 0 Å². The third-order valence-corrected chi connectivity index (χ3v) is 3.71. The molecule has 1 aliphatic heterocycles. The van der Waals surface area contributed by atoms with Gasteiger partial charge < -0.3 is 20.1 Å². The smallest absolute Gasteiger partial charge is 0.326 e. The fourth-order valence-electron chi connectivity index (χ4n) is 2.59. The summed E-state index contributed by atoms with van der Waals surface area (Å²) >= 11 is 0. The predicted molar refractivity (Wildman–Crippen MR) is 75.7 cm³/mol. The first-order valence-corrected chi connectivity index (χ1v) is 7.35. The molecule has 6 nitrogen and oxygen atoms in total. The maximum Gasteiger partial charge on any atom is 0.326 e. The van der Waals surface area contributed by atoms with E-state index in [1.54, 1.807) is 12.0 Å². The molecule has 1 heterocycles. The molecule has 1 rings (SSSR count). The number of ether oxygens (including phenoxy) is 1. The molecule has 20 heavy (non-hydrogen) atoms. The van der Waals surface area contributed by atoms with Crippen LogP contribution in [0.4, 0.5) is 4.79 Å². The van der Waals surface area contributed by atoms with Gasteiger partial charge in [-0.15, -0.1) is 0 Å². The van der Waals surface area contributed by atoms with Gasteiger partial charge in [-0.3, -0.25) is 0 Å². The summed E-state index contributed by atoms with van der Waals surface area (Å²) in [4.78, 5) is 24.9. The first kappa shape index (κ1) is 16.8. The molecule has 0 aromatic rings. The zero-order chi connectivity index (χ0) is 15.0. The number of aliphatic carboxylic acids is 1. The first-order chi connectivity index (χ1) is 9.58. The van der Waals surface area contributed by atoms with Gasteiger partial charge in [-0.1, -0.05) is 13.3 Å². The van der Waals surface area contributed by atoms with Gasteiger partial charge >= 0.3 is 12.0 Å². The number of nitrogens with zero attached hydrogens (tertiary/aromatic N) is 1. The molecule has 0 bridgehead atoms.